The van der Waals surface area contributed by atoms with Crippen molar-refractivity contribution in [1.29, 1.82) is 0 Å². The van der Waals surface area contributed by atoms with Gasteiger partial charge < -0.3 is 4.90 Å². The molecule has 0 radical (unpaired) electrons. The Morgan fingerprint density at radius 2 is 2.05 bits per heavy atom. The Morgan fingerprint density at radius 1 is 1.25 bits per heavy atom. The molecule has 3 nitrogen and oxygen atoms in total. The Labute approximate surface area is 114 Å². The van der Waals surface area contributed by atoms with Crippen LogP contribution in [0, 0.1) is 6.92 Å². The monoisotopic (exact) mass is 279 g/mol. The molecule has 6 heteroatoms. The number of fused-ring (bicyclic) bond motifs is 1. The van der Waals surface area contributed by atoms with Crippen molar-refractivity contribution < 1.29 is 13.2 Å². The number of anilines is 2. The van der Waals surface area contributed by atoms with Crippen LogP contribution in [0.4, 0.5) is 24.7 Å². The Balaban J connectivity index is 2.06. The summed E-state index contributed by atoms with van der Waals surface area (Å²) in [4.78, 5) is 10.1. The molecule has 0 bridgehead atoms. The van der Waals surface area contributed by atoms with E-state index in [4.69, 9.17) is 0 Å². The molecule has 20 heavy (non-hydrogen) atoms. The largest absolute Gasteiger partial charge is 0.416 e. The Kier molecular flexibility index (Phi) is 2.88. The molecule has 0 unspecified atom stereocenters. The van der Waals surface area contributed by atoms with E-state index < -0.39 is 11.7 Å². The second-order valence-electron chi connectivity index (χ2n) is 4.76. The van der Waals surface area contributed by atoms with E-state index in [2.05, 4.69) is 9.97 Å². The first-order chi connectivity index (χ1) is 9.45. The zero-order valence-corrected chi connectivity index (χ0v) is 10.8. The smallest absolute Gasteiger partial charge is 0.326 e. The number of aryl methyl sites for hydroxylation is 1. The van der Waals surface area contributed by atoms with Crippen LogP contribution in [0.5, 0.6) is 0 Å². The van der Waals surface area contributed by atoms with Crippen molar-refractivity contribution in [3.63, 3.8) is 0 Å². The van der Waals surface area contributed by atoms with Gasteiger partial charge in [0.15, 0.2) is 0 Å². The molecular weight excluding hydrogens is 267 g/mol. The van der Waals surface area contributed by atoms with Crippen molar-refractivity contribution in [2.45, 2.75) is 19.5 Å². The second kappa shape index (κ2) is 4.47. The fourth-order valence-corrected chi connectivity index (χ4v) is 2.42. The van der Waals surface area contributed by atoms with Gasteiger partial charge in [0.1, 0.15) is 5.82 Å². The average Bonchev–Trinajstić information content (AvgIpc) is 2.80. The summed E-state index contributed by atoms with van der Waals surface area (Å²) in [5.41, 5.74) is 1.61. The van der Waals surface area contributed by atoms with Crippen LogP contribution in [-0.4, -0.2) is 16.5 Å². The van der Waals surface area contributed by atoms with E-state index >= 15 is 0 Å². The first-order valence-electron chi connectivity index (χ1n) is 6.21. The molecule has 0 atom stereocenters. The topological polar surface area (TPSA) is 29.0 Å². The highest BCUT2D eigenvalue weighted by Crippen LogP contribution is 2.36. The van der Waals surface area contributed by atoms with Gasteiger partial charge in [-0.05, 0) is 37.1 Å². The molecule has 0 amide bonds. The van der Waals surface area contributed by atoms with E-state index in [0.29, 0.717) is 18.1 Å². The zero-order valence-electron chi connectivity index (χ0n) is 10.8. The highest BCUT2D eigenvalue weighted by atomic mass is 19.4. The summed E-state index contributed by atoms with van der Waals surface area (Å²) in [6.45, 7) is 2.19. The van der Waals surface area contributed by atoms with Crippen LogP contribution in [0.1, 0.15) is 16.8 Å². The van der Waals surface area contributed by atoms with E-state index in [1.165, 1.54) is 0 Å². The van der Waals surface area contributed by atoms with E-state index in [9.17, 15) is 13.2 Å². The zero-order chi connectivity index (χ0) is 14.3. The normalized spacial score (nSPS) is 14.5. The molecule has 1 aliphatic heterocycles. The van der Waals surface area contributed by atoms with Crippen molar-refractivity contribution in [2.24, 2.45) is 0 Å². The Hall–Kier alpha value is -2.11. The summed E-state index contributed by atoms with van der Waals surface area (Å²) in [5.74, 6) is 0.335. The molecule has 0 spiro atoms. The number of nitrogens with zero attached hydrogens (tertiary/aromatic N) is 3. The summed E-state index contributed by atoms with van der Waals surface area (Å²) in [6, 6.07) is 3.97. The minimum atomic E-state index is -4.36. The third-order valence-corrected chi connectivity index (χ3v) is 3.32. The lowest BCUT2D eigenvalue weighted by molar-refractivity contribution is -0.137. The maximum atomic E-state index is 12.9. The average molecular weight is 279 g/mol. The number of hydrogen-bond donors (Lipinski definition) is 0. The van der Waals surface area contributed by atoms with E-state index in [0.717, 1.165) is 29.8 Å². The predicted octanol–water partition coefficient (Wildman–Crippen LogP) is 3.50. The summed E-state index contributed by atoms with van der Waals surface area (Å²) in [7, 11) is 0. The van der Waals surface area contributed by atoms with Gasteiger partial charge in [0.05, 0.1) is 5.56 Å². The van der Waals surface area contributed by atoms with Crippen LogP contribution in [0.15, 0.2) is 30.6 Å². The molecule has 0 aromatic carbocycles. The quantitative estimate of drug-likeness (QED) is 0.800. The molecule has 0 aliphatic carbocycles. The summed E-state index contributed by atoms with van der Waals surface area (Å²) < 4.78 is 38.6. The summed E-state index contributed by atoms with van der Waals surface area (Å²) >= 11 is 0. The Bertz CT molecular complexity index is 652. The molecule has 2 aromatic rings. The number of hydrogen-bond acceptors (Lipinski definition) is 3. The number of alkyl halides is 3. The standard InChI is InChI=1S/C14H12F3N3/c1-9-6-11(14(15,16)17)7-13(19-9)20-5-3-10-8-18-4-2-12(10)20/h2,4,6-8H,3,5H2,1H3. The van der Waals surface area contributed by atoms with Crippen LogP contribution >= 0.6 is 0 Å². The van der Waals surface area contributed by atoms with Crippen molar-refractivity contribution in [3.8, 4) is 0 Å². The highest BCUT2D eigenvalue weighted by Gasteiger charge is 2.32. The maximum absolute atomic E-state index is 12.9. The maximum Gasteiger partial charge on any atom is 0.416 e. The lowest BCUT2D eigenvalue weighted by Crippen LogP contribution is -2.17. The second-order valence-corrected chi connectivity index (χ2v) is 4.76. The third-order valence-electron chi connectivity index (χ3n) is 3.32. The molecule has 104 valence electrons. The van der Waals surface area contributed by atoms with Crippen LogP contribution < -0.4 is 4.90 Å². The van der Waals surface area contributed by atoms with Gasteiger partial charge in [0.25, 0.3) is 0 Å². The number of aromatic nitrogens is 2. The summed E-state index contributed by atoms with van der Waals surface area (Å²) in [5, 5.41) is 0. The van der Waals surface area contributed by atoms with Gasteiger partial charge >= 0.3 is 6.18 Å². The number of halogens is 3. The lowest BCUT2D eigenvalue weighted by Gasteiger charge is -2.20. The number of pyridine rings is 2. The van der Waals surface area contributed by atoms with Crippen molar-refractivity contribution in [2.75, 3.05) is 11.4 Å². The molecular formula is C14H12F3N3. The first-order valence-corrected chi connectivity index (χ1v) is 6.21. The van der Waals surface area contributed by atoms with Gasteiger partial charge in [0, 0.05) is 30.3 Å². The van der Waals surface area contributed by atoms with Gasteiger partial charge in [-0.15, -0.1) is 0 Å². The van der Waals surface area contributed by atoms with Crippen LogP contribution in [0.3, 0.4) is 0 Å². The molecule has 0 N–H and O–H groups in total. The fourth-order valence-electron chi connectivity index (χ4n) is 2.42. The van der Waals surface area contributed by atoms with E-state index in [1.807, 2.05) is 0 Å². The third kappa shape index (κ3) is 2.21. The van der Waals surface area contributed by atoms with E-state index in [-0.39, 0.29) is 0 Å². The molecule has 0 fully saturated rings. The van der Waals surface area contributed by atoms with Crippen molar-refractivity contribution in [3.05, 3.63) is 47.4 Å². The molecule has 1 aliphatic rings. The van der Waals surface area contributed by atoms with Crippen LogP contribution in [-0.2, 0) is 12.6 Å². The van der Waals surface area contributed by atoms with Gasteiger partial charge in [0.2, 0.25) is 0 Å². The molecule has 0 saturated heterocycles. The van der Waals surface area contributed by atoms with Gasteiger partial charge in [-0.2, -0.15) is 13.2 Å². The van der Waals surface area contributed by atoms with Crippen molar-refractivity contribution in [1.82, 2.24) is 9.97 Å². The first kappa shape index (κ1) is 12.9. The summed E-state index contributed by atoms with van der Waals surface area (Å²) in [6.07, 6.45) is -0.211. The molecule has 0 saturated carbocycles. The highest BCUT2D eigenvalue weighted by molar-refractivity contribution is 5.67. The van der Waals surface area contributed by atoms with Gasteiger partial charge in [-0.3, -0.25) is 4.98 Å². The van der Waals surface area contributed by atoms with Gasteiger partial charge in [-0.1, -0.05) is 0 Å². The Morgan fingerprint density at radius 3 is 2.80 bits per heavy atom. The lowest BCUT2D eigenvalue weighted by atomic mass is 10.2. The minimum absolute atomic E-state index is 0.335. The predicted molar refractivity (Wildman–Crippen MR) is 68.9 cm³/mol. The molecule has 3 heterocycles. The minimum Gasteiger partial charge on any atom is -0.326 e. The molecule has 2 aromatic heterocycles. The van der Waals surface area contributed by atoms with E-state index in [1.54, 1.807) is 30.3 Å². The molecule has 3 rings (SSSR count). The van der Waals surface area contributed by atoms with Crippen LogP contribution in [0.2, 0.25) is 0 Å². The number of rotatable bonds is 1. The van der Waals surface area contributed by atoms with Crippen LogP contribution in [0.25, 0.3) is 0 Å². The SMILES string of the molecule is Cc1cc(C(F)(F)F)cc(N2CCc3cnccc32)n1. The van der Waals surface area contributed by atoms with Gasteiger partial charge in [-0.25, -0.2) is 4.98 Å². The fraction of sp³-hybridized carbons (Fsp3) is 0.286. The van der Waals surface area contributed by atoms with Crippen molar-refractivity contribution >= 4 is 11.5 Å².